The summed E-state index contributed by atoms with van der Waals surface area (Å²) in [4.78, 5) is 25.0. The number of unbranched alkanes of at least 4 members (excludes halogenated alkanes) is 4. The fourth-order valence-corrected chi connectivity index (χ4v) is 3.07. The molecule has 0 bridgehead atoms. The number of Topliss-reactive ketones (excluding diaryl/α,β-unsaturated/α-hetero) is 1. The molecule has 0 aliphatic rings. The van der Waals surface area contributed by atoms with Gasteiger partial charge < -0.3 is 4.42 Å². The second kappa shape index (κ2) is 9.97. The van der Waals surface area contributed by atoms with Crippen LogP contribution in [0.15, 0.2) is 45.6 Å². The van der Waals surface area contributed by atoms with Crippen molar-refractivity contribution in [2.75, 3.05) is 0 Å². The molecule has 0 unspecified atom stereocenters. The summed E-state index contributed by atoms with van der Waals surface area (Å²) in [6, 6.07) is 11.1. The first-order valence-corrected chi connectivity index (χ1v) is 9.43. The van der Waals surface area contributed by atoms with Crippen LogP contribution in [0.2, 0.25) is 0 Å². The largest absolute Gasteiger partial charge is 0.427 e. The van der Waals surface area contributed by atoms with Crippen molar-refractivity contribution < 1.29 is 9.21 Å². The number of hydrogen-bond donors (Lipinski definition) is 0. The Labute approximate surface area is 150 Å². The zero-order valence-electron chi connectivity index (χ0n) is 15.3. The van der Waals surface area contributed by atoms with Crippen LogP contribution in [-0.2, 0) is 6.42 Å². The summed E-state index contributed by atoms with van der Waals surface area (Å²) in [6.07, 6.45) is 7.19. The van der Waals surface area contributed by atoms with E-state index in [-0.39, 0.29) is 11.4 Å². The molecule has 0 saturated heterocycles. The molecule has 0 amide bonds. The lowest BCUT2D eigenvalue weighted by Gasteiger charge is -2.13. The summed E-state index contributed by atoms with van der Waals surface area (Å²) in [7, 11) is 0. The van der Waals surface area contributed by atoms with E-state index in [0.717, 1.165) is 44.1 Å². The monoisotopic (exact) mass is 340 g/mol. The van der Waals surface area contributed by atoms with E-state index < -0.39 is 0 Å². The smallest absolute Gasteiger partial charge is 0.336 e. The number of aryl methyl sites for hydroxylation is 1. The lowest BCUT2D eigenvalue weighted by molar-refractivity contribution is 0.0976. The van der Waals surface area contributed by atoms with Crippen LogP contribution in [-0.4, -0.2) is 5.78 Å². The van der Waals surface area contributed by atoms with Crippen molar-refractivity contribution in [2.45, 2.75) is 65.2 Å². The van der Waals surface area contributed by atoms with Crippen molar-refractivity contribution in [3.63, 3.8) is 0 Å². The molecule has 0 N–H and O–H groups in total. The third-order valence-corrected chi connectivity index (χ3v) is 4.41. The molecule has 0 aliphatic heterocycles. The molecule has 0 saturated carbocycles. The highest BCUT2D eigenvalue weighted by Crippen LogP contribution is 2.27. The fraction of sp³-hybridized carbons (Fsp3) is 0.455. The van der Waals surface area contributed by atoms with Crippen LogP contribution in [0.5, 0.6) is 0 Å². The molecule has 0 atom stereocenters. The molecule has 2 aromatic rings. The van der Waals surface area contributed by atoms with Gasteiger partial charge in [0.05, 0.1) is 5.56 Å². The highest BCUT2D eigenvalue weighted by molar-refractivity contribution is 6.03. The predicted molar refractivity (Wildman–Crippen MR) is 102 cm³/mol. The molecule has 0 fully saturated rings. The Hall–Kier alpha value is -2.16. The van der Waals surface area contributed by atoms with E-state index in [2.05, 4.69) is 13.8 Å². The van der Waals surface area contributed by atoms with Crippen LogP contribution >= 0.6 is 0 Å². The molecule has 3 nitrogen and oxygen atoms in total. The van der Waals surface area contributed by atoms with Crippen molar-refractivity contribution in [2.24, 2.45) is 0 Å². The first-order chi connectivity index (χ1) is 12.2. The van der Waals surface area contributed by atoms with Gasteiger partial charge in [-0.15, -0.1) is 0 Å². The lowest BCUT2D eigenvalue weighted by Crippen LogP contribution is -2.12. The van der Waals surface area contributed by atoms with Gasteiger partial charge in [-0.05, 0) is 18.4 Å². The second-order valence-corrected chi connectivity index (χ2v) is 6.48. The van der Waals surface area contributed by atoms with Gasteiger partial charge in [0.25, 0.3) is 0 Å². The van der Waals surface area contributed by atoms with Gasteiger partial charge in [0, 0.05) is 24.5 Å². The maximum absolute atomic E-state index is 12.9. The number of benzene rings is 1. The Balaban J connectivity index is 2.45. The van der Waals surface area contributed by atoms with E-state index in [9.17, 15) is 9.59 Å². The van der Waals surface area contributed by atoms with Crippen molar-refractivity contribution in [1.29, 1.82) is 0 Å². The summed E-state index contributed by atoms with van der Waals surface area (Å²) < 4.78 is 5.47. The van der Waals surface area contributed by atoms with Crippen LogP contribution in [0, 0.1) is 0 Å². The summed E-state index contributed by atoms with van der Waals surface area (Å²) in [5.41, 5.74) is 1.84. The van der Waals surface area contributed by atoms with Gasteiger partial charge in [0.15, 0.2) is 5.78 Å². The van der Waals surface area contributed by atoms with Crippen LogP contribution < -0.4 is 5.63 Å². The zero-order valence-corrected chi connectivity index (χ0v) is 15.3. The minimum atomic E-state index is -0.379. The minimum absolute atomic E-state index is 0.0857. The molecular weight excluding hydrogens is 312 g/mol. The van der Waals surface area contributed by atoms with Gasteiger partial charge in [-0.1, -0.05) is 69.9 Å². The number of hydrogen-bond acceptors (Lipinski definition) is 3. The lowest BCUT2D eigenvalue weighted by atomic mass is 9.93. The number of carbonyl (C=O) groups excluding carboxylic acids is 1. The first kappa shape index (κ1) is 19.2. The molecule has 2 rings (SSSR count). The van der Waals surface area contributed by atoms with Crippen LogP contribution in [0.3, 0.4) is 0 Å². The second-order valence-electron chi connectivity index (χ2n) is 6.48. The van der Waals surface area contributed by atoms with Crippen LogP contribution in [0.25, 0.3) is 11.1 Å². The SMILES string of the molecule is CCCCCC(=O)c1c(-c2ccccc2)cc(=O)oc1CCCCC. The fourth-order valence-electron chi connectivity index (χ4n) is 3.07. The molecule has 134 valence electrons. The molecule has 0 aliphatic carbocycles. The maximum Gasteiger partial charge on any atom is 0.336 e. The average molecular weight is 340 g/mol. The normalized spacial score (nSPS) is 10.8. The quantitative estimate of drug-likeness (QED) is 0.405. The Morgan fingerprint density at radius 2 is 1.64 bits per heavy atom. The summed E-state index contributed by atoms with van der Waals surface area (Å²) in [5.74, 6) is 0.642. The Morgan fingerprint density at radius 1 is 0.960 bits per heavy atom. The summed E-state index contributed by atoms with van der Waals surface area (Å²) >= 11 is 0. The van der Waals surface area contributed by atoms with Gasteiger partial charge >= 0.3 is 5.63 Å². The molecular formula is C22H28O3. The van der Waals surface area contributed by atoms with Gasteiger partial charge in [0.1, 0.15) is 5.76 Å². The standard InChI is InChI=1S/C22H28O3/c1-3-5-8-14-19(23)22-18(17-12-10-7-11-13-17)16-21(24)25-20(22)15-9-6-4-2/h7,10-13,16H,3-6,8-9,14-15H2,1-2H3. The van der Waals surface area contributed by atoms with Crippen LogP contribution in [0.4, 0.5) is 0 Å². The number of ketones is 1. The van der Waals surface area contributed by atoms with Crippen molar-refractivity contribution in [3.8, 4) is 11.1 Å². The van der Waals surface area contributed by atoms with E-state index in [1.54, 1.807) is 0 Å². The molecule has 3 heteroatoms. The Kier molecular flexibility index (Phi) is 7.65. The van der Waals surface area contributed by atoms with E-state index in [0.29, 0.717) is 29.7 Å². The topological polar surface area (TPSA) is 47.3 Å². The molecule has 0 radical (unpaired) electrons. The Bertz CT molecular complexity index is 729. The number of carbonyl (C=O) groups is 1. The van der Waals surface area contributed by atoms with Gasteiger partial charge in [-0.25, -0.2) is 4.79 Å². The highest BCUT2D eigenvalue weighted by Gasteiger charge is 2.20. The molecule has 1 aromatic carbocycles. The highest BCUT2D eigenvalue weighted by atomic mass is 16.4. The van der Waals surface area contributed by atoms with Gasteiger partial charge in [-0.3, -0.25) is 4.79 Å². The zero-order chi connectivity index (χ0) is 18.1. The first-order valence-electron chi connectivity index (χ1n) is 9.43. The van der Waals surface area contributed by atoms with Crippen molar-refractivity contribution in [3.05, 3.63) is 58.1 Å². The van der Waals surface area contributed by atoms with E-state index in [1.165, 1.54) is 6.07 Å². The summed E-state index contributed by atoms with van der Waals surface area (Å²) in [6.45, 7) is 4.25. The van der Waals surface area contributed by atoms with E-state index in [4.69, 9.17) is 4.42 Å². The Morgan fingerprint density at radius 3 is 2.32 bits per heavy atom. The molecule has 1 aromatic heterocycles. The third-order valence-electron chi connectivity index (χ3n) is 4.41. The minimum Gasteiger partial charge on any atom is -0.427 e. The van der Waals surface area contributed by atoms with Crippen LogP contribution in [0.1, 0.15) is 74.9 Å². The van der Waals surface area contributed by atoms with Crippen molar-refractivity contribution >= 4 is 5.78 Å². The van der Waals surface area contributed by atoms with Crippen molar-refractivity contribution in [1.82, 2.24) is 0 Å². The maximum atomic E-state index is 12.9. The summed E-state index contributed by atoms with van der Waals surface area (Å²) in [5, 5.41) is 0. The van der Waals surface area contributed by atoms with Gasteiger partial charge in [-0.2, -0.15) is 0 Å². The van der Waals surface area contributed by atoms with Gasteiger partial charge in [0.2, 0.25) is 0 Å². The molecule has 0 spiro atoms. The molecule has 25 heavy (non-hydrogen) atoms. The average Bonchev–Trinajstić information content (AvgIpc) is 2.62. The van der Waals surface area contributed by atoms with E-state index >= 15 is 0 Å². The van der Waals surface area contributed by atoms with E-state index in [1.807, 2.05) is 30.3 Å². The predicted octanol–water partition coefficient (Wildman–Crippen LogP) is 5.80. The third kappa shape index (κ3) is 5.42. The molecule has 1 heterocycles. The number of rotatable bonds is 10.